The summed E-state index contributed by atoms with van der Waals surface area (Å²) in [5, 5.41) is 15.2. The third-order valence-electron chi connectivity index (χ3n) is 5.29. The Hall–Kier alpha value is -1.91. The molecule has 1 atom stereocenters. The van der Waals surface area contributed by atoms with Gasteiger partial charge in [0.25, 0.3) is 0 Å². The van der Waals surface area contributed by atoms with Crippen LogP contribution in [0.2, 0.25) is 0 Å². The largest absolute Gasteiger partial charge is 0.494 e. The third-order valence-corrected chi connectivity index (χ3v) is 5.29. The zero-order valence-electron chi connectivity index (χ0n) is 17.4. The number of aromatic nitrogens is 3. The molecule has 0 amide bonds. The number of hydrogen-bond acceptors (Lipinski definition) is 4. The first kappa shape index (κ1) is 23.4. The van der Waals surface area contributed by atoms with Crippen LogP contribution in [0.4, 0.5) is 4.39 Å². The predicted octanol–water partition coefficient (Wildman–Crippen LogP) is 3.63. The van der Waals surface area contributed by atoms with Crippen LogP contribution < -0.4 is 15.4 Å². The summed E-state index contributed by atoms with van der Waals surface area (Å²) >= 11 is 0. The molecule has 0 spiro atoms. The number of ether oxygens (including phenoxy) is 1. The quantitative estimate of drug-likeness (QED) is 0.349. The van der Waals surface area contributed by atoms with Crippen LogP contribution in [0.3, 0.4) is 0 Å². The smallest absolute Gasteiger partial charge is 0.192 e. The summed E-state index contributed by atoms with van der Waals surface area (Å²) in [6.45, 7) is 4.32. The van der Waals surface area contributed by atoms with Gasteiger partial charge in [0.2, 0.25) is 0 Å². The minimum absolute atomic E-state index is 0. The van der Waals surface area contributed by atoms with Gasteiger partial charge in [-0.05, 0) is 44.4 Å². The number of nitrogens with one attached hydrogen (secondary N) is 2. The number of rotatable bonds is 6. The molecule has 29 heavy (non-hydrogen) atoms. The van der Waals surface area contributed by atoms with E-state index in [1.54, 1.807) is 6.07 Å². The highest BCUT2D eigenvalue weighted by Crippen LogP contribution is 2.22. The summed E-state index contributed by atoms with van der Waals surface area (Å²) in [5.74, 6) is 2.23. The van der Waals surface area contributed by atoms with E-state index in [1.807, 2.05) is 31.5 Å². The van der Waals surface area contributed by atoms with E-state index in [1.165, 1.54) is 26.0 Å². The normalized spacial score (nSPS) is 15.7. The Bertz CT molecular complexity index is 834. The van der Waals surface area contributed by atoms with E-state index in [2.05, 4.69) is 20.8 Å². The Kier molecular flexibility index (Phi) is 8.66. The zero-order chi connectivity index (χ0) is 20.1. The first-order chi connectivity index (χ1) is 13.5. The van der Waals surface area contributed by atoms with Gasteiger partial charge in [0, 0.05) is 13.1 Å². The molecular weight excluding hydrogens is 486 g/mol. The lowest BCUT2D eigenvalue weighted by molar-refractivity contribution is 0.386. The Morgan fingerprint density at radius 2 is 2.07 bits per heavy atom. The molecule has 1 heterocycles. The van der Waals surface area contributed by atoms with Crippen molar-refractivity contribution >= 4 is 29.9 Å². The maximum absolute atomic E-state index is 14.1. The van der Waals surface area contributed by atoms with Crippen LogP contribution in [0, 0.1) is 12.7 Å². The molecular formula is C20H30FIN6O. The van der Waals surface area contributed by atoms with Gasteiger partial charge in [-0.25, -0.2) is 9.38 Å². The van der Waals surface area contributed by atoms with Crippen molar-refractivity contribution in [3.05, 3.63) is 41.2 Å². The van der Waals surface area contributed by atoms with Crippen molar-refractivity contribution in [3.8, 4) is 5.75 Å². The molecule has 1 unspecified atom stereocenters. The molecule has 0 bridgehead atoms. The van der Waals surface area contributed by atoms with Crippen molar-refractivity contribution in [1.29, 1.82) is 0 Å². The van der Waals surface area contributed by atoms with Crippen LogP contribution in [0.15, 0.2) is 23.2 Å². The van der Waals surface area contributed by atoms with Crippen molar-refractivity contribution < 1.29 is 9.13 Å². The molecule has 1 aliphatic rings. The van der Waals surface area contributed by atoms with Crippen molar-refractivity contribution in [3.63, 3.8) is 0 Å². The number of hydrogen-bond donors (Lipinski definition) is 2. The van der Waals surface area contributed by atoms with Gasteiger partial charge in [0.05, 0.1) is 13.2 Å². The molecule has 2 aromatic rings. The average molecular weight is 516 g/mol. The van der Waals surface area contributed by atoms with Crippen molar-refractivity contribution in [2.75, 3.05) is 7.11 Å². The van der Waals surface area contributed by atoms with Gasteiger partial charge in [-0.3, -0.25) is 0 Å². The molecule has 1 aliphatic carbocycles. The number of guanidine groups is 1. The molecule has 1 saturated carbocycles. The Balaban J connectivity index is 0.00000300. The fourth-order valence-electron chi connectivity index (χ4n) is 3.38. The van der Waals surface area contributed by atoms with Gasteiger partial charge in [-0.2, -0.15) is 0 Å². The van der Waals surface area contributed by atoms with Gasteiger partial charge in [-0.1, -0.05) is 18.9 Å². The molecule has 160 valence electrons. The molecule has 1 aromatic carbocycles. The number of methoxy groups -OCH3 is 1. The first-order valence-electron chi connectivity index (χ1n) is 9.73. The summed E-state index contributed by atoms with van der Waals surface area (Å²) in [6, 6.07) is 5.29. The molecule has 0 radical (unpaired) electrons. The Morgan fingerprint density at radius 3 is 2.66 bits per heavy atom. The lowest BCUT2D eigenvalue weighted by atomic mass is 10.1. The lowest BCUT2D eigenvalue weighted by Crippen LogP contribution is -2.43. The minimum Gasteiger partial charge on any atom is -0.494 e. The number of aliphatic imine (C=N–C) groups is 1. The molecule has 3 rings (SSSR count). The summed E-state index contributed by atoms with van der Waals surface area (Å²) < 4.78 is 21.0. The van der Waals surface area contributed by atoms with E-state index >= 15 is 0 Å². The number of halogens is 2. The molecule has 2 N–H and O–H groups in total. The standard InChI is InChI=1S/C20H29FN6O.HI/c1-13(15-9-10-18(28-4)17(21)11-15)23-20(24-16-7-5-6-8-16)22-12-19-26-25-14(2)27(19)3;/h9-11,13,16H,5-8,12H2,1-4H3,(H2,22,23,24);1H. The SMILES string of the molecule is COc1ccc(C(C)NC(=NCc2nnc(C)n2C)NC2CCCC2)cc1F.I. The Morgan fingerprint density at radius 1 is 1.34 bits per heavy atom. The van der Waals surface area contributed by atoms with Crippen LogP contribution in [-0.2, 0) is 13.6 Å². The second kappa shape index (κ2) is 10.7. The van der Waals surface area contributed by atoms with Crippen LogP contribution >= 0.6 is 24.0 Å². The van der Waals surface area contributed by atoms with Crippen LogP contribution in [0.5, 0.6) is 5.75 Å². The minimum atomic E-state index is -0.370. The number of benzene rings is 1. The van der Waals surface area contributed by atoms with Crippen LogP contribution in [-0.4, -0.2) is 33.9 Å². The van der Waals surface area contributed by atoms with Crippen molar-refractivity contribution in [2.24, 2.45) is 12.0 Å². The van der Waals surface area contributed by atoms with E-state index in [0.29, 0.717) is 18.5 Å². The molecule has 9 heteroatoms. The van der Waals surface area contributed by atoms with Crippen molar-refractivity contribution in [1.82, 2.24) is 25.4 Å². The summed E-state index contributed by atoms with van der Waals surface area (Å²) in [4.78, 5) is 4.71. The summed E-state index contributed by atoms with van der Waals surface area (Å²) in [6.07, 6.45) is 4.73. The molecule has 1 aromatic heterocycles. The van der Waals surface area contributed by atoms with E-state index in [-0.39, 0.29) is 41.6 Å². The maximum atomic E-state index is 14.1. The van der Waals surface area contributed by atoms with E-state index in [4.69, 9.17) is 9.73 Å². The maximum Gasteiger partial charge on any atom is 0.192 e. The predicted molar refractivity (Wildman–Crippen MR) is 122 cm³/mol. The number of nitrogens with zero attached hydrogens (tertiary/aromatic N) is 4. The van der Waals surface area contributed by atoms with Gasteiger partial charge in [-0.15, -0.1) is 34.2 Å². The first-order valence-corrected chi connectivity index (χ1v) is 9.73. The third kappa shape index (κ3) is 6.03. The highest BCUT2D eigenvalue weighted by atomic mass is 127. The zero-order valence-corrected chi connectivity index (χ0v) is 19.7. The van der Waals surface area contributed by atoms with Crippen molar-refractivity contribution in [2.45, 2.75) is 58.2 Å². The van der Waals surface area contributed by atoms with Crippen LogP contribution in [0.25, 0.3) is 0 Å². The van der Waals surface area contributed by atoms with Gasteiger partial charge >= 0.3 is 0 Å². The van der Waals surface area contributed by atoms with Gasteiger partial charge in [0.1, 0.15) is 12.4 Å². The fraction of sp³-hybridized carbons (Fsp3) is 0.550. The summed E-state index contributed by atoms with van der Waals surface area (Å²) in [7, 11) is 3.39. The number of aryl methyl sites for hydroxylation is 1. The summed E-state index contributed by atoms with van der Waals surface area (Å²) in [5.41, 5.74) is 0.828. The molecule has 7 nitrogen and oxygen atoms in total. The molecule has 0 aliphatic heterocycles. The van der Waals surface area contributed by atoms with E-state index < -0.39 is 0 Å². The second-order valence-corrected chi connectivity index (χ2v) is 7.27. The second-order valence-electron chi connectivity index (χ2n) is 7.27. The van der Waals surface area contributed by atoms with E-state index in [9.17, 15) is 4.39 Å². The lowest BCUT2D eigenvalue weighted by Gasteiger charge is -2.22. The topological polar surface area (TPSA) is 76.4 Å². The highest BCUT2D eigenvalue weighted by Gasteiger charge is 2.18. The monoisotopic (exact) mass is 516 g/mol. The van der Waals surface area contributed by atoms with Gasteiger partial charge < -0.3 is 19.9 Å². The van der Waals surface area contributed by atoms with E-state index in [0.717, 1.165) is 30.1 Å². The Labute approximate surface area is 188 Å². The highest BCUT2D eigenvalue weighted by molar-refractivity contribution is 14.0. The molecule has 1 fully saturated rings. The van der Waals surface area contributed by atoms with Gasteiger partial charge in [0.15, 0.2) is 23.4 Å². The van der Waals surface area contributed by atoms with Crippen LogP contribution in [0.1, 0.15) is 55.9 Å². The fourth-order valence-corrected chi connectivity index (χ4v) is 3.38. The molecule has 0 saturated heterocycles. The average Bonchev–Trinajstić information content (AvgIpc) is 3.30.